The fraction of sp³-hybridized carbons (Fsp3) is 0.278. The SMILES string of the molecule is CSc1ccc(CN(C)C(C)C(=O)Nc2ccc(F)cc2F)cc1. The molecule has 2 rings (SSSR count). The molecule has 128 valence electrons. The van der Waals surface area contributed by atoms with E-state index in [-0.39, 0.29) is 11.6 Å². The third-order valence-corrected chi connectivity index (χ3v) is 4.56. The van der Waals surface area contributed by atoms with Crippen molar-refractivity contribution < 1.29 is 13.6 Å². The summed E-state index contributed by atoms with van der Waals surface area (Å²) >= 11 is 1.67. The Balaban J connectivity index is 1.98. The number of likely N-dealkylation sites (N-methyl/N-ethyl adjacent to an activating group) is 1. The van der Waals surface area contributed by atoms with Crippen LogP contribution in [0.5, 0.6) is 0 Å². The summed E-state index contributed by atoms with van der Waals surface area (Å²) in [4.78, 5) is 15.3. The van der Waals surface area contributed by atoms with Gasteiger partial charge in [0.25, 0.3) is 0 Å². The fourth-order valence-corrected chi connectivity index (χ4v) is 2.59. The summed E-state index contributed by atoms with van der Waals surface area (Å²) in [7, 11) is 1.83. The van der Waals surface area contributed by atoms with Gasteiger partial charge in [-0.05, 0) is 50.1 Å². The van der Waals surface area contributed by atoms with Gasteiger partial charge in [-0.15, -0.1) is 11.8 Å². The van der Waals surface area contributed by atoms with E-state index in [2.05, 4.69) is 5.32 Å². The minimum Gasteiger partial charge on any atom is -0.322 e. The fourth-order valence-electron chi connectivity index (χ4n) is 2.18. The summed E-state index contributed by atoms with van der Waals surface area (Å²) in [6.07, 6.45) is 2.02. The predicted octanol–water partition coefficient (Wildman–Crippen LogP) is 4.15. The zero-order chi connectivity index (χ0) is 17.7. The molecule has 6 heteroatoms. The van der Waals surface area contributed by atoms with E-state index in [1.54, 1.807) is 18.7 Å². The van der Waals surface area contributed by atoms with Crippen LogP contribution in [0.4, 0.5) is 14.5 Å². The molecule has 0 fully saturated rings. The van der Waals surface area contributed by atoms with E-state index < -0.39 is 17.7 Å². The highest BCUT2D eigenvalue weighted by atomic mass is 32.2. The highest BCUT2D eigenvalue weighted by Crippen LogP contribution is 2.18. The molecule has 0 saturated carbocycles. The maximum absolute atomic E-state index is 13.6. The van der Waals surface area contributed by atoms with Gasteiger partial charge in [-0.1, -0.05) is 12.1 Å². The molecule has 0 saturated heterocycles. The molecule has 24 heavy (non-hydrogen) atoms. The average molecular weight is 350 g/mol. The summed E-state index contributed by atoms with van der Waals surface area (Å²) in [5, 5.41) is 2.50. The van der Waals surface area contributed by atoms with Gasteiger partial charge in [0.05, 0.1) is 11.7 Å². The van der Waals surface area contributed by atoms with E-state index in [1.165, 1.54) is 11.0 Å². The number of halogens is 2. The van der Waals surface area contributed by atoms with Crippen molar-refractivity contribution in [3.05, 3.63) is 59.7 Å². The van der Waals surface area contributed by atoms with Crippen LogP contribution in [0.3, 0.4) is 0 Å². The van der Waals surface area contributed by atoms with Crippen molar-refractivity contribution in [3.8, 4) is 0 Å². The molecule has 1 amide bonds. The molecular formula is C18H20F2N2OS. The van der Waals surface area contributed by atoms with Gasteiger partial charge in [0, 0.05) is 17.5 Å². The maximum atomic E-state index is 13.6. The van der Waals surface area contributed by atoms with Crippen LogP contribution in [0.15, 0.2) is 47.4 Å². The van der Waals surface area contributed by atoms with Gasteiger partial charge in [0.2, 0.25) is 5.91 Å². The Morgan fingerprint density at radius 1 is 1.21 bits per heavy atom. The van der Waals surface area contributed by atoms with Crippen molar-refractivity contribution in [3.63, 3.8) is 0 Å². The highest BCUT2D eigenvalue weighted by Gasteiger charge is 2.19. The highest BCUT2D eigenvalue weighted by molar-refractivity contribution is 7.98. The van der Waals surface area contributed by atoms with Crippen LogP contribution < -0.4 is 5.32 Å². The molecule has 0 heterocycles. The molecule has 1 unspecified atom stereocenters. The summed E-state index contributed by atoms with van der Waals surface area (Å²) < 4.78 is 26.5. The molecule has 1 atom stereocenters. The van der Waals surface area contributed by atoms with Crippen LogP contribution in [-0.4, -0.2) is 30.2 Å². The van der Waals surface area contributed by atoms with E-state index in [9.17, 15) is 13.6 Å². The minimum absolute atomic E-state index is 0.0222. The molecule has 0 radical (unpaired) electrons. The first kappa shape index (κ1) is 18.4. The molecule has 0 spiro atoms. The number of hydrogen-bond acceptors (Lipinski definition) is 3. The van der Waals surface area contributed by atoms with Crippen LogP contribution in [-0.2, 0) is 11.3 Å². The van der Waals surface area contributed by atoms with Crippen molar-refractivity contribution >= 4 is 23.4 Å². The van der Waals surface area contributed by atoms with Gasteiger partial charge in [-0.25, -0.2) is 8.78 Å². The molecular weight excluding hydrogens is 330 g/mol. The molecule has 3 nitrogen and oxygen atoms in total. The van der Waals surface area contributed by atoms with Crippen LogP contribution in [0, 0.1) is 11.6 Å². The van der Waals surface area contributed by atoms with Gasteiger partial charge in [0.15, 0.2) is 0 Å². The number of thioether (sulfide) groups is 1. The smallest absolute Gasteiger partial charge is 0.241 e. The van der Waals surface area contributed by atoms with Gasteiger partial charge in [-0.3, -0.25) is 9.69 Å². The Morgan fingerprint density at radius 2 is 1.88 bits per heavy atom. The van der Waals surface area contributed by atoms with Gasteiger partial charge in [0.1, 0.15) is 11.6 Å². The van der Waals surface area contributed by atoms with Gasteiger partial charge in [-0.2, -0.15) is 0 Å². The van der Waals surface area contributed by atoms with E-state index >= 15 is 0 Å². The van der Waals surface area contributed by atoms with Gasteiger partial charge < -0.3 is 5.32 Å². The first-order chi connectivity index (χ1) is 11.4. The second-order valence-corrected chi connectivity index (χ2v) is 6.43. The summed E-state index contributed by atoms with van der Waals surface area (Å²) in [5.41, 5.74) is 1.06. The average Bonchev–Trinajstić information content (AvgIpc) is 2.57. The zero-order valence-corrected chi connectivity index (χ0v) is 14.7. The number of nitrogens with zero attached hydrogens (tertiary/aromatic N) is 1. The Kier molecular flexibility index (Phi) is 6.34. The Morgan fingerprint density at radius 3 is 2.46 bits per heavy atom. The third-order valence-electron chi connectivity index (χ3n) is 3.82. The molecule has 2 aromatic rings. The predicted molar refractivity (Wildman–Crippen MR) is 94.1 cm³/mol. The lowest BCUT2D eigenvalue weighted by molar-refractivity contribution is -0.120. The second-order valence-electron chi connectivity index (χ2n) is 5.55. The van der Waals surface area contributed by atoms with Crippen molar-refractivity contribution in [1.29, 1.82) is 0 Å². The quantitative estimate of drug-likeness (QED) is 0.795. The van der Waals surface area contributed by atoms with Crippen LogP contribution >= 0.6 is 11.8 Å². The number of rotatable bonds is 6. The van der Waals surface area contributed by atoms with Crippen LogP contribution in [0.2, 0.25) is 0 Å². The lowest BCUT2D eigenvalue weighted by atomic mass is 10.2. The summed E-state index contributed by atoms with van der Waals surface area (Å²) in [6, 6.07) is 10.7. The monoisotopic (exact) mass is 350 g/mol. The van der Waals surface area contributed by atoms with Crippen molar-refractivity contribution in [2.45, 2.75) is 24.4 Å². The van der Waals surface area contributed by atoms with Crippen molar-refractivity contribution in [2.75, 3.05) is 18.6 Å². The lowest BCUT2D eigenvalue weighted by Gasteiger charge is -2.24. The Labute approximate surface area is 145 Å². The number of benzene rings is 2. The van der Waals surface area contributed by atoms with Crippen molar-refractivity contribution in [2.24, 2.45) is 0 Å². The molecule has 0 aliphatic rings. The van der Waals surface area contributed by atoms with Gasteiger partial charge >= 0.3 is 0 Å². The number of carbonyl (C=O) groups excluding carboxylic acids is 1. The Hall–Kier alpha value is -1.92. The summed E-state index contributed by atoms with van der Waals surface area (Å²) in [6.45, 7) is 2.34. The number of amides is 1. The molecule has 0 aliphatic heterocycles. The van der Waals surface area contributed by atoms with E-state index in [0.717, 1.165) is 17.7 Å². The second kappa shape index (κ2) is 8.26. The molecule has 0 aromatic heterocycles. The molecule has 0 bridgehead atoms. The first-order valence-electron chi connectivity index (χ1n) is 7.50. The van der Waals surface area contributed by atoms with Crippen LogP contribution in [0.25, 0.3) is 0 Å². The first-order valence-corrected chi connectivity index (χ1v) is 8.72. The zero-order valence-electron chi connectivity index (χ0n) is 13.8. The van der Waals surface area contributed by atoms with Crippen LogP contribution in [0.1, 0.15) is 12.5 Å². The molecule has 2 aromatic carbocycles. The summed E-state index contributed by atoms with van der Waals surface area (Å²) in [5.74, 6) is -1.81. The number of carbonyl (C=O) groups is 1. The van der Waals surface area contributed by atoms with Crippen molar-refractivity contribution in [1.82, 2.24) is 4.90 Å². The van der Waals surface area contributed by atoms with E-state index in [4.69, 9.17) is 0 Å². The van der Waals surface area contributed by atoms with E-state index in [0.29, 0.717) is 6.54 Å². The molecule has 1 N–H and O–H groups in total. The topological polar surface area (TPSA) is 32.3 Å². The standard InChI is InChI=1S/C18H20F2N2OS/c1-12(18(23)21-17-9-6-14(19)10-16(17)20)22(2)11-13-4-7-15(24-3)8-5-13/h4-10,12H,11H2,1-3H3,(H,21,23). The molecule has 0 aliphatic carbocycles. The maximum Gasteiger partial charge on any atom is 0.241 e. The number of anilines is 1. The normalized spacial score (nSPS) is 12.2. The lowest BCUT2D eigenvalue weighted by Crippen LogP contribution is -2.39. The number of hydrogen-bond donors (Lipinski definition) is 1. The Bertz CT molecular complexity index is 707. The minimum atomic E-state index is -0.786. The third kappa shape index (κ3) is 4.79. The largest absolute Gasteiger partial charge is 0.322 e. The van der Waals surface area contributed by atoms with E-state index in [1.807, 2.05) is 42.5 Å². The number of nitrogens with one attached hydrogen (secondary N) is 1.